The molecule has 9 nitrogen and oxygen atoms in total. The van der Waals surface area contributed by atoms with Gasteiger partial charge in [-0.3, -0.25) is 19.1 Å². The standard InChI is InChI=1S/C23H26ClFN6O3/c1-4-31-22(33)18-15(24)11-14(19(25)20(18)28-23(31)34)12-29-7-9-30(10-8-29)17-6-5-16(21(32)26-3)27-13(17)2/h5-6,11H,4,7-10,12H2,1-3H3,(H,26,32)(H,28,34). The lowest BCUT2D eigenvalue weighted by Crippen LogP contribution is -2.46. The van der Waals surface area contributed by atoms with Gasteiger partial charge < -0.3 is 15.2 Å². The number of amides is 1. The van der Waals surface area contributed by atoms with Gasteiger partial charge in [0.1, 0.15) is 5.69 Å². The van der Waals surface area contributed by atoms with Crippen molar-refractivity contribution in [2.45, 2.75) is 26.9 Å². The van der Waals surface area contributed by atoms with Crippen LogP contribution in [0.25, 0.3) is 10.9 Å². The Kier molecular flexibility index (Phi) is 6.72. The van der Waals surface area contributed by atoms with Crippen LogP contribution in [0.4, 0.5) is 10.1 Å². The molecule has 0 unspecified atom stereocenters. The van der Waals surface area contributed by atoms with E-state index in [9.17, 15) is 14.4 Å². The third-order valence-electron chi connectivity index (χ3n) is 6.17. The number of H-pyrrole nitrogens is 1. The van der Waals surface area contributed by atoms with Crippen molar-refractivity contribution in [1.82, 2.24) is 24.8 Å². The minimum Gasteiger partial charge on any atom is -0.368 e. The molecule has 11 heteroatoms. The van der Waals surface area contributed by atoms with Crippen molar-refractivity contribution < 1.29 is 9.18 Å². The molecular formula is C23H26ClFN6O3. The molecule has 180 valence electrons. The van der Waals surface area contributed by atoms with Gasteiger partial charge in [-0.1, -0.05) is 11.6 Å². The summed E-state index contributed by atoms with van der Waals surface area (Å²) in [6.45, 7) is 6.71. The van der Waals surface area contributed by atoms with Crippen LogP contribution in [-0.2, 0) is 13.1 Å². The van der Waals surface area contributed by atoms with Crippen LogP contribution in [0.3, 0.4) is 0 Å². The van der Waals surface area contributed by atoms with Gasteiger partial charge in [0.15, 0.2) is 5.82 Å². The number of piperazine rings is 1. The molecule has 3 aromatic rings. The first kappa shape index (κ1) is 23.9. The third-order valence-corrected chi connectivity index (χ3v) is 6.47. The van der Waals surface area contributed by atoms with Gasteiger partial charge in [-0.25, -0.2) is 14.2 Å². The SMILES string of the molecule is CCn1c(=O)[nH]c2c(F)c(CN3CCN(c4ccc(C(=O)NC)nc4C)CC3)cc(Cl)c2c1=O. The number of fused-ring (bicyclic) bond motifs is 1. The van der Waals surface area contributed by atoms with Crippen LogP contribution in [0.15, 0.2) is 27.8 Å². The van der Waals surface area contributed by atoms with Crippen molar-refractivity contribution in [3.05, 3.63) is 66.8 Å². The van der Waals surface area contributed by atoms with Crippen LogP contribution < -0.4 is 21.5 Å². The summed E-state index contributed by atoms with van der Waals surface area (Å²) in [6.07, 6.45) is 0. The number of rotatable bonds is 5. The Morgan fingerprint density at radius 3 is 2.56 bits per heavy atom. The molecule has 1 amide bonds. The van der Waals surface area contributed by atoms with Gasteiger partial charge in [0.05, 0.1) is 27.3 Å². The third kappa shape index (κ3) is 4.30. The number of aryl methyl sites for hydroxylation is 1. The highest BCUT2D eigenvalue weighted by molar-refractivity contribution is 6.35. The van der Waals surface area contributed by atoms with Crippen LogP contribution >= 0.6 is 11.6 Å². The van der Waals surface area contributed by atoms with Gasteiger partial charge in [-0.15, -0.1) is 0 Å². The summed E-state index contributed by atoms with van der Waals surface area (Å²) in [5.41, 5.74) is 1.00. The zero-order valence-electron chi connectivity index (χ0n) is 19.2. The molecule has 3 heterocycles. The molecule has 0 saturated carbocycles. The number of carbonyl (C=O) groups excluding carboxylic acids is 1. The van der Waals surface area contributed by atoms with Gasteiger partial charge in [0.25, 0.3) is 11.5 Å². The molecule has 4 rings (SSSR count). The minimum atomic E-state index is -0.660. The van der Waals surface area contributed by atoms with Crippen LogP contribution in [0.5, 0.6) is 0 Å². The first-order valence-electron chi connectivity index (χ1n) is 11.1. The second-order valence-corrected chi connectivity index (χ2v) is 8.61. The number of aromatic nitrogens is 3. The second kappa shape index (κ2) is 9.55. The van der Waals surface area contributed by atoms with Crippen LogP contribution in [0.2, 0.25) is 5.02 Å². The van der Waals surface area contributed by atoms with Crippen LogP contribution in [-0.4, -0.2) is 58.6 Å². The molecule has 1 aromatic carbocycles. The first-order chi connectivity index (χ1) is 16.2. The lowest BCUT2D eigenvalue weighted by atomic mass is 10.1. The van der Waals surface area contributed by atoms with E-state index in [2.05, 4.69) is 25.1 Å². The quantitative estimate of drug-likeness (QED) is 0.568. The summed E-state index contributed by atoms with van der Waals surface area (Å²) in [5, 5.41) is 2.67. The van der Waals surface area contributed by atoms with E-state index in [-0.39, 0.29) is 28.4 Å². The molecule has 0 spiro atoms. The summed E-state index contributed by atoms with van der Waals surface area (Å²) >= 11 is 6.34. The van der Waals surface area contributed by atoms with Gasteiger partial charge in [-0.2, -0.15) is 0 Å². The highest BCUT2D eigenvalue weighted by Crippen LogP contribution is 2.26. The largest absolute Gasteiger partial charge is 0.368 e. The topological polar surface area (TPSA) is 103 Å². The highest BCUT2D eigenvalue weighted by atomic mass is 35.5. The molecule has 2 N–H and O–H groups in total. The molecule has 34 heavy (non-hydrogen) atoms. The Bertz CT molecular complexity index is 1380. The number of hydrogen-bond donors (Lipinski definition) is 2. The Hall–Kier alpha value is -3.24. The Morgan fingerprint density at radius 2 is 1.94 bits per heavy atom. The second-order valence-electron chi connectivity index (χ2n) is 8.20. The number of benzene rings is 1. The van der Waals surface area contributed by atoms with Gasteiger partial charge in [-0.05, 0) is 32.0 Å². The zero-order valence-corrected chi connectivity index (χ0v) is 20.0. The van der Waals surface area contributed by atoms with Crippen molar-refractivity contribution in [3.63, 3.8) is 0 Å². The Labute approximate surface area is 200 Å². The first-order valence-corrected chi connectivity index (χ1v) is 11.4. The van der Waals surface area contributed by atoms with E-state index in [0.29, 0.717) is 44.0 Å². The predicted molar refractivity (Wildman–Crippen MR) is 129 cm³/mol. The van der Waals surface area contributed by atoms with Crippen LogP contribution in [0.1, 0.15) is 28.7 Å². The lowest BCUT2D eigenvalue weighted by Gasteiger charge is -2.36. The number of halogens is 2. The normalized spacial score (nSPS) is 14.6. The van der Waals surface area contributed by atoms with Crippen molar-refractivity contribution in [1.29, 1.82) is 0 Å². The van der Waals surface area contributed by atoms with Gasteiger partial charge in [0.2, 0.25) is 0 Å². The summed E-state index contributed by atoms with van der Waals surface area (Å²) in [6, 6.07) is 5.06. The van der Waals surface area contributed by atoms with Gasteiger partial charge >= 0.3 is 5.69 Å². The summed E-state index contributed by atoms with van der Waals surface area (Å²) in [4.78, 5) is 47.7. The molecule has 0 atom stereocenters. The highest BCUT2D eigenvalue weighted by Gasteiger charge is 2.23. The summed E-state index contributed by atoms with van der Waals surface area (Å²) in [7, 11) is 1.57. The number of carbonyl (C=O) groups is 1. The fraction of sp³-hybridized carbons (Fsp3) is 0.391. The van der Waals surface area contributed by atoms with E-state index in [4.69, 9.17) is 11.6 Å². The van der Waals surface area contributed by atoms with Crippen molar-refractivity contribution in [3.8, 4) is 0 Å². The maximum Gasteiger partial charge on any atom is 0.328 e. The predicted octanol–water partition coefficient (Wildman–Crippen LogP) is 1.89. The average molecular weight is 489 g/mol. The number of hydrogen-bond acceptors (Lipinski definition) is 6. The lowest BCUT2D eigenvalue weighted by molar-refractivity contribution is 0.0958. The van der Waals surface area contributed by atoms with Crippen molar-refractivity contribution >= 4 is 34.1 Å². The van der Waals surface area contributed by atoms with E-state index in [0.717, 1.165) is 15.9 Å². The number of anilines is 1. The molecule has 2 aromatic heterocycles. The molecule has 1 aliphatic rings. The Morgan fingerprint density at radius 1 is 1.24 bits per heavy atom. The van der Waals surface area contributed by atoms with Crippen LogP contribution in [0, 0.1) is 12.7 Å². The maximum absolute atomic E-state index is 15.3. The van der Waals surface area contributed by atoms with E-state index in [1.807, 2.05) is 13.0 Å². The van der Waals surface area contributed by atoms with E-state index < -0.39 is 17.1 Å². The van der Waals surface area contributed by atoms with Gasteiger partial charge in [0, 0.05) is 51.9 Å². The molecular weight excluding hydrogens is 463 g/mol. The molecule has 1 saturated heterocycles. The number of pyridine rings is 1. The molecule has 1 fully saturated rings. The Balaban J connectivity index is 1.52. The van der Waals surface area contributed by atoms with Crippen molar-refractivity contribution in [2.75, 3.05) is 38.1 Å². The number of nitrogens with zero attached hydrogens (tertiary/aromatic N) is 4. The smallest absolute Gasteiger partial charge is 0.328 e. The number of nitrogens with one attached hydrogen (secondary N) is 2. The molecule has 0 bridgehead atoms. The maximum atomic E-state index is 15.3. The summed E-state index contributed by atoms with van der Waals surface area (Å²) in [5.74, 6) is -0.866. The monoisotopic (exact) mass is 488 g/mol. The van der Waals surface area contributed by atoms with E-state index in [1.165, 1.54) is 6.07 Å². The average Bonchev–Trinajstić information content (AvgIpc) is 2.82. The molecule has 0 aliphatic carbocycles. The summed E-state index contributed by atoms with van der Waals surface area (Å²) < 4.78 is 16.3. The molecule has 1 aliphatic heterocycles. The fourth-order valence-corrected chi connectivity index (χ4v) is 4.65. The van der Waals surface area contributed by atoms with E-state index in [1.54, 1.807) is 20.0 Å². The molecule has 0 radical (unpaired) electrons. The number of aromatic amines is 1. The minimum absolute atomic E-state index is 0.0163. The fourth-order valence-electron chi connectivity index (χ4n) is 4.34. The van der Waals surface area contributed by atoms with Crippen molar-refractivity contribution in [2.24, 2.45) is 0 Å². The van der Waals surface area contributed by atoms with E-state index >= 15 is 4.39 Å². The zero-order chi connectivity index (χ0) is 24.6.